The third kappa shape index (κ3) is 2.28. The summed E-state index contributed by atoms with van der Waals surface area (Å²) in [6.45, 7) is 4.27. The van der Waals surface area contributed by atoms with Gasteiger partial charge >= 0.3 is 5.97 Å². The third-order valence-corrected chi connectivity index (χ3v) is 4.59. The lowest BCUT2D eigenvalue weighted by Gasteiger charge is -2.18. The van der Waals surface area contributed by atoms with E-state index >= 15 is 0 Å². The number of benzene rings is 1. The summed E-state index contributed by atoms with van der Waals surface area (Å²) in [6.07, 6.45) is 0. The van der Waals surface area contributed by atoms with Gasteiger partial charge < -0.3 is 19.5 Å². The molecule has 1 heterocycles. The van der Waals surface area contributed by atoms with Crippen LogP contribution in [0.4, 0.5) is 0 Å². The maximum absolute atomic E-state index is 12.5. The standard InChI is InChI=1S/C16H19NO5/c1-16(2)12(13(16)15(19)20)14(18)17(3)7-9-4-5-10-11(6-9)22-8-21-10/h4-6,12-13H,7-8H2,1-3H3,(H,19,20)/t12-,13+/m0/s1. The number of carboxylic acid groups (broad SMARTS) is 1. The van der Waals surface area contributed by atoms with Gasteiger partial charge in [-0.1, -0.05) is 19.9 Å². The van der Waals surface area contributed by atoms with Gasteiger partial charge in [0.25, 0.3) is 0 Å². The molecule has 6 heteroatoms. The van der Waals surface area contributed by atoms with E-state index in [9.17, 15) is 14.7 Å². The smallest absolute Gasteiger partial charge is 0.307 e. The van der Waals surface area contributed by atoms with Crippen LogP contribution in [0.1, 0.15) is 19.4 Å². The Morgan fingerprint density at radius 1 is 1.27 bits per heavy atom. The fraction of sp³-hybridized carbons (Fsp3) is 0.500. The Balaban J connectivity index is 1.69. The van der Waals surface area contributed by atoms with Crippen LogP contribution in [-0.2, 0) is 16.1 Å². The van der Waals surface area contributed by atoms with E-state index in [0.29, 0.717) is 18.0 Å². The summed E-state index contributed by atoms with van der Waals surface area (Å²) < 4.78 is 10.6. The molecular formula is C16H19NO5. The molecule has 2 atom stereocenters. The number of hydrogen-bond acceptors (Lipinski definition) is 4. The summed E-state index contributed by atoms with van der Waals surface area (Å²) in [7, 11) is 1.69. The zero-order valence-corrected chi connectivity index (χ0v) is 12.8. The molecule has 1 aliphatic carbocycles. The molecule has 1 aromatic rings. The summed E-state index contributed by atoms with van der Waals surface area (Å²) in [5.41, 5.74) is 0.442. The summed E-state index contributed by atoms with van der Waals surface area (Å²) in [5, 5.41) is 9.18. The summed E-state index contributed by atoms with van der Waals surface area (Å²) >= 11 is 0. The van der Waals surface area contributed by atoms with Crippen molar-refractivity contribution in [2.24, 2.45) is 17.3 Å². The molecule has 118 valence electrons. The lowest BCUT2D eigenvalue weighted by Crippen LogP contribution is -2.29. The van der Waals surface area contributed by atoms with Crippen molar-refractivity contribution < 1.29 is 24.2 Å². The highest BCUT2D eigenvalue weighted by Gasteiger charge is 2.66. The van der Waals surface area contributed by atoms with Crippen LogP contribution in [0.3, 0.4) is 0 Å². The Morgan fingerprint density at radius 3 is 2.59 bits per heavy atom. The van der Waals surface area contributed by atoms with Crippen molar-refractivity contribution in [2.45, 2.75) is 20.4 Å². The van der Waals surface area contributed by atoms with Crippen molar-refractivity contribution in [1.82, 2.24) is 4.90 Å². The first-order chi connectivity index (χ1) is 10.3. The van der Waals surface area contributed by atoms with Crippen LogP contribution in [0, 0.1) is 17.3 Å². The van der Waals surface area contributed by atoms with E-state index in [1.54, 1.807) is 11.9 Å². The largest absolute Gasteiger partial charge is 0.481 e. The number of amides is 1. The predicted octanol–water partition coefficient (Wildman–Crippen LogP) is 1.73. The summed E-state index contributed by atoms with van der Waals surface area (Å²) in [6, 6.07) is 5.54. The van der Waals surface area contributed by atoms with E-state index in [1.807, 2.05) is 32.0 Å². The number of aliphatic carboxylic acids is 1. The molecule has 0 radical (unpaired) electrons. The van der Waals surface area contributed by atoms with Gasteiger partial charge in [-0.25, -0.2) is 0 Å². The number of rotatable bonds is 4. The second-order valence-electron chi connectivity index (χ2n) is 6.50. The zero-order chi connectivity index (χ0) is 16.1. The molecule has 0 saturated heterocycles. The Kier molecular flexibility index (Phi) is 3.27. The lowest BCUT2D eigenvalue weighted by molar-refractivity contribution is -0.141. The lowest BCUT2D eigenvalue weighted by atomic mass is 10.1. The first kappa shape index (κ1) is 14.7. The van der Waals surface area contributed by atoms with Crippen molar-refractivity contribution in [3.8, 4) is 11.5 Å². The van der Waals surface area contributed by atoms with Gasteiger partial charge in [-0.2, -0.15) is 0 Å². The highest BCUT2D eigenvalue weighted by Crippen LogP contribution is 2.59. The van der Waals surface area contributed by atoms with Gasteiger partial charge in [0.05, 0.1) is 11.8 Å². The zero-order valence-electron chi connectivity index (χ0n) is 12.8. The van der Waals surface area contributed by atoms with E-state index < -0.39 is 23.2 Å². The molecule has 1 saturated carbocycles. The minimum atomic E-state index is -0.903. The number of hydrogen-bond donors (Lipinski definition) is 1. The monoisotopic (exact) mass is 305 g/mol. The average molecular weight is 305 g/mol. The molecule has 22 heavy (non-hydrogen) atoms. The van der Waals surface area contributed by atoms with Crippen molar-refractivity contribution >= 4 is 11.9 Å². The predicted molar refractivity (Wildman–Crippen MR) is 77.4 cm³/mol. The van der Waals surface area contributed by atoms with Crippen molar-refractivity contribution in [1.29, 1.82) is 0 Å². The van der Waals surface area contributed by atoms with E-state index in [-0.39, 0.29) is 12.7 Å². The maximum atomic E-state index is 12.5. The summed E-state index contributed by atoms with van der Waals surface area (Å²) in [4.78, 5) is 25.3. The maximum Gasteiger partial charge on any atom is 0.307 e. The van der Waals surface area contributed by atoms with Gasteiger partial charge in [0.2, 0.25) is 12.7 Å². The van der Waals surface area contributed by atoms with Gasteiger partial charge in [0.1, 0.15) is 0 Å². The molecule has 0 unspecified atom stereocenters. The first-order valence-electron chi connectivity index (χ1n) is 7.18. The molecule has 6 nitrogen and oxygen atoms in total. The van der Waals surface area contributed by atoms with E-state index in [1.165, 1.54) is 0 Å². The Morgan fingerprint density at radius 2 is 1.95 bits per heavy atom. The van der Waals surface area contributed by atoms with E-state index in [2.05, 4.69) is 0 Å². The fourth-order valence-electron chi connectivity index (χ4n) is 3.19. The molecule has 1 amide bonds. The van der Waals surface area contributed by atoms with Crippen LogP contribution in [-0.4, -0.2) is 35.7 Å². The normalized spacial score (nSPS) is 24.0. The average Bonchev–Trinajstić information content (AvgIpc) is 2.81. The third-order valence-electron chi connectivity index (χ3n) is 4.59. The van der Waals surface area contributed by atoms with Gasteiger partial charge in [-0.05, 0) is 23.1 Å². The van der Waals surface area contributed by atoms with Gasteiger partial charge in [-0.15, -0.1) is 0 Å². The molecule has 1 aromatic carbocycles. The molecule has 1 N–H and O–H groups in total. The number of fused-ring (bicyclic) bond motifs is 1. The number of carbonyl (C=O) groups is 2. The van der Waals surface area contributed by atoms with Gasteiger partial charge in [0.15, 0.2) is 11.5 Å². The highest BCUT2D eigenvalue weighted by atomic mass is 16.7. The molecule has 0 spiro atoms. The molecule has 0 bridgehead atoms. The molecule has 1 aliphatic heterocycles. The first-order valence-corrected chi connectivity index (χ1v) is 7.18. The SMILES string of the molecule is CN(Cc1ccc2c(c1)OCO2)C(=O)[C@@H]1[C@H](C(=O)O)C1(C)C. The van der Waals surface area contributed by atoms with E-state index in [4.69, 9.17) is 9.47 Å². The number of carboxylic acids is 1. The second-order valence-corrected chi connectivity index (χ2v) is 6.50. The van der Waals surface area contributed by atoms with Crippen LogP contribution in [0.25, 0.3) is 0 Å². The van der Waals surface area contributed by atoms with Crippen molar-refractivity contribution in [2.75, 3.05) is 13.8 Å². The van der Waals surface area contributed by atoms with Crippen molar-refractivity contribution in [3.63, 3.8) is 0 Å². The van der Waals surface area contributed by atoms with Gasteiger partial charge in [0, 0.05) is 13.6 Å². The van der Waals surface area contributed by atoms with Crippen LogP contribution in [0.15, 0.2) is 18.2 Å². The fourth-order valence-corrected chi connectivity index (χ4v) is 3.19. The molecular weight excluding hydrogens is 286 g/mol. The Labute approximate surface area is 128 Å². The van der Waals surface area contributed by atoms with Crippen LogP contribution < -0.4 is 9.47 Å². The van der Waals surface area contributed by atoms with Gasteiger partial charge in [-0.3, -0.25) is 9.59 Å². The minimum Gasteiger partial charge on any atom is -0.481 e. The molecule has 3 rings (SSSR count). The molecule has 0 aromatic heterocycles. The minimum absolute atomic E-state index is 0.130. The second kappa shape index (κ2) is 4.90. The Hall–Kier alpha value is -2.24. The van der Waals surface area contributed by atoms with Crippen molar-refractivity contribution in [3.05, 3.63) is 23.8 Å². The molecule has 2 aliphatic rings. The molecule has 1 fully saturated rings. The van der Waals surface area contributed by atoms with Crippen LogP contribution in [0.2, 0.25) is 0 Å². The number of ether oxygens (including phenoxy) is 2. The van der Waals surface area contributed by atoms with E-state index in [0.717, 1.165) is 5.56 Å². The summed E-state index contributed by atoms with van der Waals surface area (Å²) in [5.74, 6) is -0.710. The quantitative estimate of drug-likeness (QED) is 0.917. The number of carbonyl (C=O) groups excluding carboxylic acids is 1. The number of nitrogens with zero attached hydrogens (tertiary/aromatic N) is 1. The van der Waals surface area contributed by atoms with Crippen LogP contribution in [0.5, 0.6) is 11.5 Å². The highest BCUT2D eigenvalue weighted by molar-refractivity contribution is 5.91. The topological polar surface area (TPSA) is 76.1 Å². The Bertz CT molecular complexity index is 639. The van der Waals surface area contributed by atoms with Crippen LogP contribution >= 0.6 is 0 Å².